The number of para-hydroxylation sites is 1. The lowest BCUT2D eigenvalue weighted by atomic mass is 9.84. The first-order valence-corrected chi connectivity index (χ1v) is 11.4. The summed E-state index contributed by atoms with van der Waals surface area (Å²) in [6.45, 7) is 2.11. The Morgan fingerprint density at radius 1 is 0.906 bits per heavy atom. The smallest absolute Gasteiger partial charge is 0.229 e. The molecule has 2 atom stereocenters. The van der Waals surface area contributed by atoms with E-state index < -0.39 is 0 Å². The van der Waals surface area contributed by atoms with Gasteiger partial charge in [-0.05, 0) is 42.3 Å². The van der Waals surface area contributed by atoms with E-state index in [0.717, 1.165) is 44.1 Å². The van der Waals surface area contributed by atoms with E-state index >= 15 is 0 Å². The van der Waals surface area contributed by atoms with Crippen LogP contribution in [0.5, 0.6) is 5.75 Å². The largest absolute Gasteiger partial charge is 0.480 e. The Hall–Kier alpha value is -3.38. The van der Waals surface area contributed by atoms with Crippen LogP contribution in [0.2, 0.25) is 0 Å². The van der Waals surface area contributed by atoms with Gasteiger partial charge in [0.25, 0.3) is 0 Å². The van der Waals surface area contributed by atoms with Gasteiger partial charge in [-0.3, -0.25) is 0 Å². The highest BCUT2D eigenvalue weighted by atomic mass is 79.9. The standard InChI is InChI=1S/C26H21BrN4O/c1-16-7-9-17(10-8-16)23-22-24(30(2)26-28-15-29-31(23)26)20-5-3-4-6-21(20)32-25(22)18-11-13-19(27)14-12-18/h3-15,23,25H,1-2H3/t23-,25+/m0/s1. The first kappa shape index (κ1) is 19.3. The molecule has 4 aromatic rings. The van der Waals surface area contributed by atoms with Crippen molar-refractivity contribution < 1.29 is 4.74 Å². The molecule has 0 N–H and O–H groups in total. The van der Waals surface area contributed by atoms with E-state index in [1.165, 1.54) is 5.56 Å². The number of benzene rings is 3. The molecule has 5 nitrogen and oxygen atoms in total. The highest BCUT2D eigenvalue weighted by Gasteiger charge is 2.42. The van der Waals surface area contributed by atoms with Crippen LogP contribution in [0, 0.1) is 6.92 Å². The molecular weight excluding hydrogens is 464 g/mol. The normalized spacial score (nSPS) is 19.2. The van der Waals surface area contributed by atoms with Crippen molar-refractivity contribution in [2.45, 2.75) is 19.1 Å². The zero-order valence-corrected chi connectivity index (χ0v) is 19.3. The Balaban J connectivity index is 1.65. The van der Waals surface area contributed by atoms with Crippen molar-refractivity contribution in [2.24, 2.45) is 0 Å². The maximum atomic E-state index is 6.68. The van der Waals surface area contributed by atoms with Gasteiger partial charge in [0.05, 0.1) is 5.70 Å². The summed E-state index contributed by atoms with van der Waals surface area (Å²) in [5.74, 6) is 1.70. The number of hydrogen-bond donors (Lipinski definition) is 0. The van der Waals surface area contributed by atoms with Gasteiger partial charge in [0.2, 0.25) is 5.95 Å². The number of halogens is 1. The van der Waals surface area contributed by atoms with Crippen molar-refractivity contribution in [1.82, 2.24) is 14.8 Å². The predicted octanol–water partition coefficient (Wildman–Crippen LogP) is 5.93. The molecule has 0 aliphatic carbocycles. The summed E-state index contributed by atoms with van der Waals surface area (Å²) in [4.78, 5) is 6.74. The fourth-order valence-electron chi connectivity index (χ4n) is 4.74. The Morgan fingerprint density at radius 3 is 2.41 bits per heavy atom. The van der Waals surface area contributed by atoms with Gasteiger partial charge in [0.1, 0.15) is 24.2 Å². The number of fused-ring (bicyclic) bond motifs is 3. The summed E-state index contributed by atoms with van der Waals surface area (Å²) >= 11 is 3.56. The SMILES string of the molecule is Cc1ccc([C@H]2C3=C(c4ccccc4O[C@@H]3c3ccc(Br)cc3)N(C)c3ncnn32)cc1. The van der Waals surface area contributed by atoms with E-state index in [2.05, 4.69) is 106 Å². The second kappa shape index (κ2) is 7.35. The van der Waals surface area contributed by atoms with Crippen LogP contribution >= 0.6 is 15.9 Å². The quantitative estimate of drug-likeness (QED) is 0.353. The Morgan fingerprint density at radius 2 is 1.62 bits per heavy atom. The molecule has 32 heavy (non-hydrogen) atoms. The van der Waals surface area contributed by atoms with Crippen LogP contribution in [-0.4, -0.2) is 21.8 Å². The number of aromatic nitrogens is 3. The summed E-state index contributed by atoms with van der Waals surface area (Å²) in [5, 5.41) is 4.64. The molecule has 3 heterocycles. The van der Waals surface area contributed by atoms with Gasteiger partial charge in [0.15, 0.2) is 0 Å². The monoisotopic (exact) mass is 484 g/mol. The van der Waals surface area contributed by atoms with Crippen LogP contribution in [0.4, 0.5) is 5.95 Å². The zero-order chi connectivity index (χ0) is 21.8. The average Bonchev–Trinajstić information content (AvgIpc) is 3.30. The molecule has 3 aromatic carbocycles. The van der Waals surface area contributed by atoms with E-state index in [0.29, 0.717) is 0 Å². The fourth-order valence-corrected chi connectivity index (χ4v) is 5.00. The molecule has 0 saturated heterocycles. The molecule has 0 bridgehead atoms. The third-order valence-corrected chi connectivity index (χ3v) is 6.77. The Bertz CT molecular complexity index is 1340. The van der Waals surface area contributed by atoms with Crippen molar-refractivity contribution in [3.05, 3.63) is 111 Å². The number of aryl methyl sites for hydroxylation is 1. The zero-order valence-electron chi connectivity index (χ0n) is 17.7. The van der Waals surface area contributed by atoms with E-state index in [1.54, 1.807) is 6.33 Å². The molecule has 0 unspecified atom stereocenters. The maximum absolute atomic E-state index is 6.68. The molecule has 0 radical (unpaired) electrons. The highest BCUT2D eigenvalue weighted by molar-refractivity contribution is 9.10. The molecule has 2 aliphatic heterocycles. The number of rotatable bonds is 2. The van der Waals surface area contributed by atoms with Crippen LogP contribution in [0.25, 0.3) is 5.70 Å². The van der Waals surface area contributed by atoms with Crippen LogP contribution in [-0.2, 0) is 0 Å². The van der Waals surface area contributed by atoms with Crippen LogP contribution in [0.1, 0.15) is 34.4 Å². The molecule has 158 valence electrons. The molecule has 6 heteroatoms. The number of anilines is 1. The molecule has 0 fully saturated rings. The van der Waals surface area contributed by atoms with Crippen molar-refractivity contribution >= 4 is 27.6 Å². The molecular formula is C26H21BrN4O. The molecule has 2 aliphatic rings. The fraction of sp³-hybridized carbons (Fsp3) is 0.154. The van der Waals surface area contributed by atoms with Gasteiger partial charge in [-0.15, -0.1) is 0 Å². The van der Waals surface area contributed by atoms with Gasteiger partial charge < -0.3 is 9.64 Å². The number of hydrogen-bond acceptors (Lipinski definition) is 4. The maximum Gasteiger partial charge on any atom is 0.229 e. The number of ether oxygens (including phenoxy) is 1. The van der Waals surface area contributed by atoms with Crippen LogP contribution < -0.4 is 9.64 Å². The average molecular weight is 485 g/mol. The lowest BCUT2D eigenvalue weighted by Gasteiger charge is -2.42. The first-order chi connectivity index (χ1) is 15.6. The van der Waals surface area contributed by atoms with Crippen molar-refractivity contribution in [2.75, 3.05) is 11.9 Å². The lowest BCUT2D eigenvalue weighted by molar-refractivity contribution is 0.222. The van der Waals surface area contributed by atoms with Gasteiger partial charge >= 0.3 is 0 Å². The minimum atomic E-state index is -0.251. The lowest BCUT2D eigenvalue weighted by Crippen LogP contribution is -2.37. The van der Waals surface area contributed by atoms with Gasteiger partial charge in [0, 0.05) is 22.7 Å². The molecule has 0 saturated carbocycles. The summed E-state index contributed by atoms with van der Waals surface area (Å²) < 4.78 is 9.73. The molecule has 0 spiro atoms. The Labute approximate surface area is 195 Å². The van der Waals surface area contributed by atoms with Crippen molar-refractivity contribution in [3.8, 4) is 5.75 Å². The number of nitrogens with zero attached hydrogens (tertiary/aromatic N) is 4. The third-order valence-electron chi connectivity index (χ3n) is 6.24. The van der Waals surface area contributed by atoms with Crippen LogP contribution in [0.15, 0.2) is 89.2 Å². The topological polar surface area (TPSA) is 43.2 Å². The summed E-state index contributed by atoms with van der Waals surface area (Å²) in [5.41, 5.74) is 6.85. The van der Waals surface area contributed by atoms with Gasteiger partial charge in [-0.25, -0.2) is 4.68 Å². The third kappa shape index (κ3) is 2.90. The second-order valence-corrected chi connectivity index (χ2v) is 9.14. The first-order valence-electron chi connectivity index (χ1n) is 10.6. The van der Waals surface area contributed by atoms with E-state index in [4.69, 9.17) is 4.74 Å². The minimum Gasteiger partial charge on any atom is -0.480 e. The van der Waals surface area contributed by atoms with Crippen molar-refractivity contribution in [1.29, 1.82) is 0 Å². The van der Waals surface area contributed by atoms with E-state index in [1.807, 2.05) is 16.8 Å². The van der Waals surface area contributed by atoms with Crippen molar-refractivity contribution in [3.63, 3.8) is 0 Å². The predicted molar refractivity (Wildman–Crippen MR) is 129 cm³/mol. The highest BCUT2D eigenvalue weighted by Crippen LogP contribution is 2.52. The van der Waals surface area contributed by atoms with Gasteiger partial charge in [-0.2, -0.15) is 10.1 Å². The van der Waals surface area contributed by atoms with Gasteiger partial charge in [-0.1, -0.05) is 70.0 Å². The van der Waals surface area contributed by atoms with Crippen LogP contribution in [0.3, 0.4) is 0 Å². The molecule has 0 amide bonds. The summed E-state index contributed by atoms with van der Waals surface area (Å²) in [6.07, 6.45) is 1.38. The second-order valence-electron chi connectivity index (χ2n) is 8.23. The van der Waals surface area contributed by atoms with E-state index in [-0.39, 0.29) is 12.1 Å². The summed E-state index contributed by atoms with van der Waals surface area (Å²) in [7, 11) is 2.06. The minimum absolute atomic E-state index is 0.124. The van der Waals surface area contributed by atoms with E-state index in [9.17, 15) is 0 Å². The molecule has 6 rings (SSSR count). The Kier molecular flexibility index (Phi) is 4.43. The molecule has 1 aromatic heterocycles. The summed E-state index contributed by atoms with van der Waals surface area (Å²) in [6, 6.07) is 25.1.